The summed E-state index contributed by atoms with van der Waals surface area (Å²) >= 11 is 0. The lowest BCUT2D eigenvalue weighted by Gasteiger charge is -2.37. The van der Waals surface area contributed by atoms with Gasteiger partial charge in [0.15, 0.2) is 11.2 Å². The van der Waals surface area contributed by atoms with E-state index in [4.69, 9.17) is 18.6 Å². The van der Waals surface area contributed by atoms with Crippen molar-refractivity contribution < 1.29 is 18.6 Å². The predicted octanol–water partition coefficient (Wildman–Crippen LogP) is 7.37. The Hall–Kier alpha value is -5.36. The summed E-state index contributed by atoms with van der Waals surface area (Å²) < 4.78 is 24.2. The van der Waals surface area contributed by atoms with Gasteiger partial charge in [-0.1, -0.05) is 66.7 Å². The van der Waals surface area contributed by atoms with Gasteiger partial charge >= 0.3 is 0 Å². The van der Waals surface area contributed by atoms with Crippen molar-refractivity contribution in [3.05, 3.63) is 136 Å². The van der Waals surface area contributed by atoms with Gasteiger partial charge < -0.3 is 18.6 Å². The number of hydrogen-bond acceptors (Lipinski definition) is 6. The maximum atomic E-state index is 13.6. The quantitative estimate of drug-likeness (QED) is 0.213. The molecular formula is C35H25NO5. The van der Waals surface area contributed by atoms with E-state index >= 15 is 0 Å². The lowest BCUT2D eigenvalue weighted by molar-refractivity contribution is 0.163. The summed E-state index contributed by atoms with van der Waals surface area (Å²) in [4.78, 5) is 18.0. The highest BCUT2D eigenvalue weighted by molar-refractivity contribution is 6.12. The number of ether oxygens (including phenoxy) is 3. The van der Waals surface area contributed by atoms with Crippen LogP contribution in [0.4, 0.5) is 0 Å². The molecule has 0 aliphatic carbocycles. The lowest BCUT2D eigenvalue weighted by Crippen LogP contribution is -2.34. The lowest BCUT2D eigenvalue weighted by atomic mass is 9.82. The van der Waals surface area contributed by atoms with E-state index in [0.717, 1.165) is 39.0 Å². The monoisotopic (exact) mass is 539 g/mol. The smallest absolute Gasteiger partial charge is 0.284 e. The minimum atomic E-state index is -0.987. The minimum absolute atomic E-state index is 0.278. The largest absolute Gasteiger partial charge is 0.497 e. The highest BCUT2D eigenvalue weighted by atomic mass is 16.5. The zero-order valence-electron chi connectivity index (χ0n) is 22.5. The van der Waals surface area contributed by atoms with Gasteiger partial charge in [0.1, 0.15) is 17.2 Å². The van der Waals surface area contributed by atoms with Crippen LogP contribution in [0.25, 0.3) is 39.3 Å². The van der Waals surface area contributed by atoms with Gasteiger partial charge in [-0.2, -0.15) is 4.98 Å². The molecule has 1 aliphatic heterocycles. The second kappa shape index (κ2) is 9.68. The molecular weight excluding hydrogens is 514 g/mol. The maximum absolute atomic E-state index is 13.6. The Kier molecular flexibility index (Phi) is 5.82. The van der Waals surface area contributed by atoms with E-state index in [2.05, 4.69) is 4.98 Å². The highest BCUT2D eigenvalue weighted by Crippen LogP contribution is 2.48. The van der Waals surface area contributed by atoms with E-state index in [1.54, 1.807) is 14.2 Å². The first-order valence-corrected chi connectivity index (χ1v) is 13.2. The van der Waals surface area contributed by atoms with Crippen molar-refractivity contribution in [2.24, 2.45) is 0 Å². The normalized spacial score (nSPS) is 13.5. The van der Waals surface area contributed by atoms with Crippen molar-refractivity contribution >= 4 is 27.8 Å². The van der Waals surface area contributed by atoms with Gasteiger partial charge in [-0.05, 0) is 48.6 Å². The molecule has 0 amide bonds. The average molecular weight is 540 g/mol. The Balaban J connectivity index is 1.50. The fourth-order valence-electron chi connectivity index (χ4n) is 5.50. The Morgan fingerprint density at radius 1 is 0.707 bits per heavy atom. The van der Waals surface area contributed by atoms with Crippen LogP contribution in [-0.4, -0.2) is 19.2 Å². The molecule has 2 heterocycles. The number of aromatic nitrogens is 1. The number of benzene rings is 5. The van der Waals surface area contributed by atoms with E-state index in [-0.39, 0.29) is 11.4 Å². The van der Waals surface area contributed by atoms with Gasteiger partial charge in [0.25, 0.3) is 5.56 Å². The molecule has 0 fully saturated rings. The van der Waals surface area contributed by atoms with E-state index in [0.29, 0.717) is 22.3 Å². The summed E-state index contributed by atoms with van der Waals surface area (Å²) in [6.07, 6.45) is 3.93. The standard InChI is InChI=1S/C35H25NO5/c1-38-25-16-12-23(13-17-25)35(24-14-18-26(39-2)19-15-24)21-20-29-30-32(28-11-7-6-10-27(28)31(29)41-35)40-34(36-33(30)37)22-8-4-3-5-9-22/h3-21H,1-2H3. The summed E-state index contributed by atoms with van der Waals surface area (Å²) in [6.45, 7) is 0. The predicted molar refractivity (Wildman–Crippen MR) is 160 cm³/mol. The molecule has 6 aromatic rings. The van der Waals surface area contributed by atoms with E-state index < -0.39 is 5.60 Å². The first-order chi connectivity index (χ1) is 20.1. The van der Waals surface area contributed by atoms with Gasteiger partial charge in [0.2, 0.25) is 5.89 Å². The molecule has 200 valence electrons. The molecule has 0 radical (unpaired) electrons. The summed E-state index contributed by atoms with van der Waals surface area (Å²) in [7, 11) is 3.28. The zero-order valence-corrected chi connectivity index (χ0v) is 22.5. The molecule has 0 N–H and O–H groups in total. The van der Waals surface area contributed by atoms with Crippen molar-refractivity contribution in [3.8, 4) is 28.7 Å². The van der Waals surface area contributed by atoms with Crippen LogP contribution in [0.5, 0.6) is 17.2 Å². The number of hydrogen-bond donors (Lipinski definition) is 0. The summed E-state index contributed by atoms with van der Waals surface area (Å²) in [5.41, 5.74) is 2.29. The molecule has 0 bridgehead atoms. The van der Waals surface area contributed by atoms with Crippen molar-refractivity contribution in [3.63, 3.8) is 0 Å². The van der Waals surface area contributed by atoms with Crippen LogP contribution in [0.1, 0.15) is 16.7 Å². The molecule has 0 spiro atoms. The van der Waals surface area contributed by atoms with Crippen LogP contribution in [0.15, 0.2) is 118 Å². The topological polar surface area (TPSA) is 70.8 Å². The van der Waals surface area contributed by atoms with Crippen molar-refractivity contribution in [1.82, 2.24) is 4.98 Å². The third-order valence-corrected chi connectivity index (χ3v) is 7.58. The number of rotatable bonds is 5. The Morgan fingerprint density at radius 3 is 1.90 bits per heavy atom. The number of fused-ring (bicyclic) bond motifs is 6. The van der Waals surface area contributed by atoms with Crippen molar-refractivity contribution in [2.75, 3.05) is 14.2 Å². The summed E-state index contributed by atoms with van der Waals surface area (Å²) in [5, 5.41) is 1.98. The van der Waals surface area contributed by atoms with Crippen molar-refractivity contribution in [1.29, 1.82) is 0 Å². The Labute approximate surface area is 236 Å². The molecule has 0 atom stereocenters. The Bertz CT molecular complexity index is 1950. The average Bonchev–Trinajstić information content (AvgIpc) is 3.05. The first-order valence-electron chi connectivity index (χ1n) is 13.2. The van der Waals surface area contributed by atoms with E-state index in [1.807, 2.05) is 115 Å². The maximum Gasteiger partial charge on any atom is 0.284 e. The van der Waals surface area contributed by atoms with Crippen LogP contribution in [0.3, 0.4) is 0 Å². The molecule has 41 heavy (non-hydrogen) atoms. The van der Waals surface area contributed by atoms with Crippen molar-refractivity contribution in [2.45, 2.75) is 5.60 Å². The Morgan fingerprint density at radius 2 is 1.29 bits per heavy atom. The molecule has 1 aliphatic rings. The molecule has 6 nitrogen and oxygen atoms in total. The van der Waals surface area contributed by atoms with E-state index in [1.165, 1.54) is 0 Å². The summed E-state index contributed by atoms with van der Waals surface area (Å²) in [6, 6.07) is 32.9. The molecule has 5 aromatic carbocycles. The van der Waals surface area contributed by atoms with Crippen LogP contribution in [0, 0.1) is 0 Å². The number of nitrogens with zero attached hydrogens (tertiary/aromatic N) is 1. The minimum Gasteiger partial charge on any atom is -0.497 e. The van der Waals surface area contributed by atoms with Gasteiger partial charge in [-0.15, -0.1) is 0 Å². The van der Waals surface area contributed by atoms with Gasteiger partial charge in [-0.3, -0.25) is 4.79 Å². The molecule has 0 unspecified atom stereocenters. The second-order valence-corrected chi connectivity index (χ2v) is 9.81. The third-order valence-electron chi connectivity index (χ3n) is 7.58. The molecule has 0 saturated carbocycles. The molecule has 1 aromatic heterocycles. The summed E-state index contributed by atoms with van der Waals surface area (Å²) in [5.74, 6) is 2.35. The zero-order chi connectivity index (χ0) is 28.0. The first kappa shape index (κ1) is 24.7. The van der Waals surface area contributed by atoms with E-state index in [9.17, 15) is 4.79 Å². The molecule has 0 saturated heterocycles. The number of methoxy groups -OCH3 is 2. The van der Waals surface area contributed by atoms with Crippen LogP contribution in [-0.2, 0) is 5.60 Å². The van der Waals surface area contributed by atoms with Gasteiger partial charge in [-0.25, -0.2) is 0 Å². The highest BCUT2D eigenvalue weighted by Gasteiger charge is 2.39. The van der Waals surface area contributed by atoms with Crippen LogP contribution >= 0.6 is 0 Å². The molecule has 6 heteroatoms. The SMILES string of the molecule is COc1ccc(C2(c3ccc(OC)cc3)C=Cc3c(c4ccccc4c4oc(-c5ccccc5)nc(=O)c34)O2)cc1. The van der Waals surface area contributed by atoms with Crippen LogP contribution in [0.2, 0.25) is 0 Å². The second-order valence-electron chi connectivity index (χ2n) is 9.81. The van der Waals surface area contributed by atoms with Gasteiger partial charge in [0.05, 0.1) is 19.6 Å². The fourth-order valence-corrected chi connectivity index (χ4v) is 5.50. The third kappa shape index (κ3) is 3.95. The fraction of sp³-hybridized carbons (Fsp3) is 0.0857. The van der Waals surface area contributed by atoms with Gasteiger partial charge in [0, 0.05) is 33.0 Å². The van der Waals surface area contributed by atoms with Crippen LogP contribution < -0.4 is 19.8 Å². The molecule has 7 rings (SSSR count).